The van der Waals surface area contributed by atoms with Crippen LogP contribution in [-0.2, 0) is 14.3 Å². The first-order chi connectivity index (χ1) is 9.20. The van der Waals surface area contributed by atoms with Crippen LogP contribution in [0.15, 0.2) is 0 Å². The summed E-state index contributed by atoms with van der Waals surface area (Å²) in [4.78, 5) is 12.8. The van der Waals surface area contributed by atoms with Crippen molar-refractivity contribution in [1.29, 1.82) is 0 Å². The maximum Gasteiger partial charge on any atom is 0.143 e. The van der Waals surface area contributed by atoms with E-state index in [1.54, 1.807) is 0 Å². The lowest BCUT2D eigenvalue weighted by Gasteiger charge is -2.47. The number of hydrogen-bond acceptors (Lipinski definition) is 4. The Bertz CT molecular complexity index is 334. The Balaban J connectivity index is 1.69. The number of rotatable bonds is 3. The highest BCUT2D eigenvalue weighted by Crippen LogP contribution is 2.46. The third kappa shape index (κ3) is 2.34. The van der Waals surface area contributed by atoms with Gasteiger partial charge in [0, 0.05) is 37.7 Å². The Kier molecular flexibility index (Phi) is 3.67. The van der Waals surface area contributed by atoms with Crippen molar-refractivity contribution in [2.45, 2.75) is 50.5 Å². The van der Waals surface area contributed by atoms with Crippen LogP contribution in [0.25, 0.3) is 0 Å². The van der Waals surface area contributed by atoms with E-state index in [4.69, 9.17) is 15.2 Å². The van der Waals surface area contributed by atoms with Crippen molar-refractivity contribution in [3.8, 4) is 0 Å². The minimum atomic E-state index is -0.186. The standard InChI is InChI=1S/C15H25NO3/c16-11-14(3-1-4-14)13(17)12-2-7-19-15(10-12)5-8-18-9-6-15/h12H,1-11,16H2. The Morgan fingerprint density at radius 1 is 1.16 bits per heavy atom. The Morgan fingerprint density at radius 2 is 1.89 bits per heavy atom. The minimum Gasteiger partial charge on any atom is -0.381 e. The highest BCUT2D eigenvalue weighted by molar-refractivity contribution is 5.88. The molecule has 1 saturated carbocycles. The molecule has 3 rings (SSSR count). The monoisotopic (exact) mass is 267 g/mol. The molecule has 108 valence electrons. The zero-order valence-electron chi connectivity index (χ0n) is 11.7. The van der Waals surface area contributed by atoms with Crippen LogP contribution in [-0.4, -0.2) is 37.7 Å². The van der Waals surface area contributed by atoms with Crippen LogP contribution >= 0.6 is 0 Å². The fourth-order valence-electron chi connectivity index (χ4n) is 3.93. The van der Waals surface area contributed by atoms with Gasteiger partial charge in [-0.05, 0) is 38.5 Å². The number of carbonyl (C=O) groups is 1. The fraction of sp³-hybridized carbons (Fsp3) is 0.933. The zero-order valence-corrected chi connectivity index (χ0v) is 11.7. The van der Waals surface area contributed by atoms with Crippen LogP contribution in [0.4, 0.5) is 0 Å². The van der Waals surface area contributed by atoms with Crippen molar-refractivity contribution in [3.05, 3.63) is 0 Å². The van der Waals surface area contributed by atoms with Crippen molar-refractivity contribution in [1.82, 2.24) is 0 Å². The normalized spacial score (nSPS) is 32.8. The molecule has 2 heterocycles. The molecule has 2 saturated heterocycles. The lowest BCUT2D eigenvalue weighted by Crippen LogP contribution is -2.52. The summed E-state index contributed by atoms with van der Waals surface area (Å²) in [6.07, 6.45) is 6.79. The lowest BCUT2D eigenvalue weighted by molar-refractivity contribution is -0.164. The van der Waals surface area contributed by atoms with Gasteiger partial charge in [0.2, 0.25) is 0 Å². The van der Waals surface area contributed by atoms with Crippen LogP contribution in [0.1, 0.15) is 44.9 Å². The van der Waals surface area contributed by atoms with Crippen LogP contribution < -0.4 is 5.73 Å². The van der Waals surface area contributed by atoms with Gasteiger partial charge in [-0.1, -0.05) is 6.42 Å². The molecule has 2 N–H and O–H groups in total. The average molecular weight is 267 g/mol. The second-order valence-electron chi connectivity index (χ2n) is 6.54. The number of Topliss-reactive ketones (excluding diaryl/α,β-unsaturated/α-hetero) is 1. The number of hydrogen-bond donors (Lipinski definition) is 1. The summed E-state index contributed by atoms with van der Waals surface area (Å²) in [6, 6.07) is 0. The number of carbonyl (C=O) groups excluding carboxylic acids is 1. The lowest BCUT2D eigenvalue weighted by atomic mass is 9.61. The second kappa shape index (κ2) is 5.15. The van der Waals surface area contributed by atoms with Gasteiger partial charge in [-0.25, -0.2) is 0 Å². The summed E-state index contributed by atoms with van der Waals surface area (Å²) in [5.41, 5.74) is 5.60. The fourth-order valence-corrected chi connectivity index (χ4v) is 3.93. The van der Waals surface area contributed by atoms with E-state index < -0.39 is 0 Å². The maximum absolute atomic E-state index is 12.8. The molecule has 0 aromatic heterocycles. The van der Waals surface area contributed by atoms with Gasteiger partial charge in [0.15, 0.2) is 0 Å². The molecule has 4 nitrogen and oxygen atoms in total. The largest absolute Gasteiger partial charge is 0.381 e. The Morgan fingerprint density at radius 3 is 2.47 bits per heavy atom. The molecular formula is C15H25NO3. The first-order valence-electron chi connectivity index (χ1n) is 7.66. The molecule has 0 bridgehead atoms. The van der Waals surface area contributed by atoms with E-state index in [1.807, 2.05) is 0 Å². The molecule has 1 unspecified atom stereocenters. The topological polar surface area (TPSA) is 61.6 Å². The SMILES string of the molecule is NCC1(C(=O)C2CCOC3(CCOCC3)C2)CCC1. The van der Waals surface area contributed by atoms with Crippen LogP contribution in [0.2, 0.25) is 0 Å². The molecule has 0 aromatic carbocycles. The van der Waals surface area contributed by atoms with Crippen molar-refractivity contribution < 1.29 is 14.3 Å². The molecule has 3 fully saturated rings. The van der Waals surface area contributed by atoms with Gasteiger partial charge in [-0.3, -0.25) is 4.79 Å². The van der Waals surface area contributed by atoms with Gasteiger partial charge in [-0.15, -0.1) is 0 Å². The number of ketones is 1. The predicted octanol–water partition coefficient (Wildman–Crippen LogP) is 1.66. The zero-order chi connectivity index (χ0) is 13.3. The Labute approximate surface area is 115 Å². The quantitative estimate of drug-likeness (QED) is 0.845. The number of nitrogens with two attached hydrogens (primary N) is 1. The molecule has 0 amide bonds. The van der Waals surface area contributed by atoms with Gasteiger partial charge >= 0.3 is 0 Å². The molecule has 2 aliphatic heterocycles. The molecule has 0 radical (unpaired) electrons. The molecule has 1 aliphatic carbocycles. The van der Waals surface area contributed by atoms with E-state index >= 15 is 0 Å². The van der Waals surface area contributed by atoms with Crippen molar-refractivity contribution in [3.63, 3.8) is 0 Å². The summed E-state index contributed by atoms with van der Waals surface area (Å²) >= 11 is 0. The minimum absolute atomic E-state index is 0.0869. The van der Waals surface area contributed by atoms with Gasteiger partial charge < -0.3 is 15.2 Å². The maximum atomic E-state index is 12.8. The second-order valence-corrected chi connectivity index (χ2v) is 6.54. The van der Waals surface area contributed by atoms with Crippen molar-refractivity contribution in [2.75, 3.05) is 26.4 Å². The molecule has 3 aliphatic rings. The van der Waals surface area contributed by atoms with Gasteiger partial charge in [0.1, 0.15) is 5.78 Å². The third-order valence-electron chi connectivity index (χ3n) is 5.49. The van der Waals surface area contributed by atoms with E-state index in [0.29, 0.717) is 12.3 Å². The molecule has 19 heavy (non-hydrogen) atoms. The Hall–Kier alpha value is -0.450. The molecule has 1 spiro atoms. The molecule has 0 aromatic rings. The summed E-state index contributed by atoms with van der Waals surface area (Å²) in [7, 11) is 0. The van der Waals surface area contributed by atoms with Gasteiger partial charge in [0.25, 0.3) is 0 Å². The third-order valence-corrected chi connectivity index (χ3v) is 5.49. The van der Waals surface area contributed by atoms with Crippen LogP contribution in [0.5, 0.6) is 0 Å². The van der Waals surface area contributed by atoms with E-state index in [0.717, 1.165) is 64.8 Å². The van der Waals surface area contributed by atoms with Crippen LogP contribution in [0.3, 0.4) is 0 Å². The summed E-state index contributed by atoms with van der Waals surface area (Å²) in [5, 5.41) is 0. The van der Waals surface area contributed by atoms with Gasteiger partial charge in [0.05, 0.1) is 5.60 Å². The van der Waals surface area contributed by atoms with E-state index in [9.17, 15) is 4.79 Å². The number of ether oxygens (including phenoxy) is 2. The van der Waals surface area contributed by atoms with Gasteiger partial charge in [-0.2, -0.15) is 0 Å². The van der Waals surface area contributed by atoms with E-state index in [-0.39, 0.29) is 16.9 Å². The summed E-state index contributed by atoms with van der Waals surface area (Å²) in [5.74, 6) is 0.589. The van der Waals surface area contributed by atoms with Crippen LogP contribution in [0, 0.1) is 11.3 Å². The smallest absolute Gasteiger partial charge is 0.143 e. The average Bonchev–Trinajstić information content (AvgIpc) is 2.39. The first-order valence-corrected chi connectivity index (χ1v) is 7.66. The van der Waals surface area contributed by atoms with Crippen molar-refractivity contribution in [2.24, 2.45) is 17.1 Å². The highest BCUT2D eigenvalue weighted by atomic mass is 16.5. The molecule has 4 heteroatoms. The van der Waals surface area contributed by atoms with E-state index in [1.165, 1.54) is 0 Å². The summed E-state index contributed by atoms with van der Waals surface area (Å²) < 4.78 is 11.4. The summed E-state index contributed by atoms with van der Waals surface area (Å²) in [6.45, 7) is 2.78. The first kappa shape index (κ1) is 13.5. The highest BCUT2D eigenvalue weighted by Gasteiger charge is 2.49. The van der Waals surface area contributed by atoms with E-state index in [2.05, 4.69) is 0 Å². The van der Waals surface area contributed by atoms with Crippen molar-refractivity contribution >= 4 is 5.78 Å². The predicted molar refractivity (Wildman–Crippen MR) is 71.8 cm³/mol. The molecule has 1 atom stereocenters. The molecular weight excluding hydrogens is 242 g/mol.